The van der Waals surface area contributed by atoms with Crippen molar-refractivity contribution in [2.24, 2.45) is 5.92 Å². The fourth-order valence-corrected chi connectivity index (χ4v) is 4.19. The molecule has 6 nitrogen and oxygen atoms in total. The van der Waals surface area contributed by atoms with Crippen molar-refractivity contribution in [1.29, 1.82) is 0 Å². The number of nitrogens with zero attached hydrogens (tertiary/aromatic N) is 1. The molecule has 2 fully saturated rings. The van der Waals surface area contributed by atoms with Crippen LogP contribution in [-0.4, -0.2) is 49.1 Å². The van der Waals surface area contributed by atoms with Gasteiger partial charge in [-0.2, -0.15) is 0 Å². The Morgan fingerprint density at radius 2 is 2.07 bits per heavy atom. The molecule has 3 amide bonds. The van der Waals surface area contributed by atoms with E-state index in [-0.39, 0.29) is 11.8 Å². The van der Waals surface area contributed by atoms with E-state index in [1.165, 1.54) is 5.57 Å². The van der Waals surface area contributed by atoms with E-state index in [1.807, 2.05) is 24.3 Å². The molecule has 3 rings (SSSR count). The molecule has 6 heteroatoms. The fourth-order valence-electron chi connectivity index (χ4n) is 4.19. The van der Waals surface area contributed by atoms with E-state index in [0.717, 1.165) is 43.8 Å². The zero-order valence-corrected chi connectivity index (χ0v) is 16.4. The monoisotopic (exact) mass is 371 g/mol. The van der Waals surface area contributed by atoms with E-state index in [1.54, 1.807) is 7.11 Å². The number of benzene rings is 1. The lowest BCUT2D eigenvalue weighted by Gasteiger charge is -2.41. The van der Waals surface area contributed by atoms with Gasteiger partial charge in [0.2, 0.25) is 0 Å². The molecule has 0 aliphatic carbocycles. The predicted octanol–water partition coefficient (Wildman–Crippen LogP) is 2.49. The second-order valence-corrected chi connectivity index (χ2v) is 7.59. The van der Waals surface area contributed by atoms with Gasteiger partial charge in [0.05, 0.1) is 7.11 Å². The predicted molar refractivity (Wildman–Crippen MR) is 105 cm³/mol. The molecule has 0 saturated carbocycles. The summed E-state index contributed by atoms with van der Waals surface area (Å²) in [6.45, 7) is 7.02. The Balaban J connectivity index is 1.78. The summed E-state index contributed by atoms with van der Waals surface area (Å²) in [5.41, 5.74) is 1.45. The average Bonchev–Trinajstić information content (AvgIpc) is 2.96. The van der Waals surface area contributed by atoms with E-state index in [0.29, 0.717) is 6.42 Å². The fraction of sp³-hybridized carbons (Fsp3) is 0.524. The number of carbonyl (C=O) groups is 2. The highest BCUT2D eigenvalue weighted by molar-refractivity contribution is 6.07. The summed E-state index contributed by atoms with van der Waals surface area (Å²) in [5.74, 6) is 0.653. The van der Waals surface area contributed by atoms with Crippen LogP contribution in [0.2, 0.25) is 0 Å². The smallest absolute Gasteiger partial charge is 0.322 e. The van der Waals surface area contributed by atoms with Gasteiger partial charge in [0.15, 0.2) is 0 Å². The van der Waals surface area contributed by atoms with Crippen molar-refractivity contribution in [3.8, 4) is 5.75 Å². The van der Waals surface area contributed by atoms with Crippen molar-refractivity contribution in [3.63, 3.8) is 0 Å². The van der Waals surface area contributed by atoms with Crippen LogP contribution in [-0.2, 0) is 11.2 Å². The highest BCUT2D eigenvalue weighted by atomic mass is 16.5. The van der Waals surface area contributed by atoms with Crippen molar-refractivity contribution < 1.29 is 14.3 Å². The summed E-state index contributed by atoms with van der Waals surface area (Å²) in [4.78, 5) is 27.2. The number of allylic oxidation sites excluding steroid dienone is 1. The first-order valence-electron chi connectivity index (χ1n) is 9.57. The van der Waals surface area contributed by atoms with Crippen LogP contribution < -0.4 is 15.4 Å². The Kier molecular flexibility index (Phi) is 5.85. The average molecular weight is 371 g/mol. The number of nitrogens with one attached hydrogen (secondary N) is 2. The molecule has 0 radical (unpaired) electrons. The van der Waals surface area contributed by atoms with Crippen LogP contribution in [0.4, 0.5) is 4.79 Å². The number of piperidine rings is 1. The maximum atomic E-state index is 12.8. The quantitative estimate of drug-likeness (QED) is 0.595. The van der Waals surface area contributed by atoms with Crippen LogP contribution in [0.25, 0.3) is 0 Å². The molecular formula is C21H29N3O3. The summed E-state index contributed by atoms with van der Waals surface area (Å²) < 4.78 is 5.31. The summed E-state index contributed by atoms with van der Waals surface area (Å²) in [7, 11) is 1.63. The van der Waals surface area contributed by atoms with Crippen LogP contribution in [0.15, 0.2) is 35.9 Å². The lowest BCUT2D eigenvalue weighted by Crippen LogP contribution is -2.57. The van der Waals surface area contributed by atoms with Crippen LogP contribution >= 0.6 is 0 Å². The number of ether oxygens (including phenoxy) is 1. The standard InChI is InChI=1S/C21H29N3O3/c1-4-15(2)14-24-10-8-17(9-11-24)21(19(25)22-20(26)23-21)13-16-6-5-7-18(12-16)27-3/h4-7,12,17H,8-11,13-14H2,1-3H3,(H2,22,23,25,26). The number of rotatable bonds is 6. The zero-order valence-electron chi connectivity index (χ0n) is 16.4. The van der Waals surface area contributed by atoms with Crippen LogP contribution in [0.5, 0.6) is 5.75 Å². The maximum absolute atomic E-state index is 12.8. The number of amides is 3. The van der Waals surface area contributed by atoms with Crippen LogP contribution in [0.3, 0.4) is 0 Å². The van der Waals surface area contributed by atoms with E-state index in [2.05, 4.69) is 35.5 Å². The Morgan fingerprint density at radius 3 is 2.67 bits per heavy atom. The van der Waals surface area contributed by atoms with Gasteiger partial charge in [-0.25, -0.2) is 4.79 Å². The third-order valence-electron chi connectivity index (χ3n) is 5.84. The lowest BCUT2D eigenvalue weighted by molar-refractivity contribution is -0.126. The van der Waals surface area contributed by atoms with Gasteiger partial charge < -0.3 is 10.1 Å². The van der Waals surface area contributed by atoms with Crippen molar-refractivity contribution in [2.75, 3.05) is 26.7 Å². The molecule has 1 aromatic carbocycles. The molecule has 1 aromatic rings. The normalized spacial score (nSPS) is 24.6. The van der Waals surface area contributed by atoms with E-state index in [4.69, 9.17) is 4.74 Å². The van der Waals surface area contributed by atoms with Gasteiger partial charge in [-0.1, -0.05) is 23.8 Å². The van der Waals surface area contributed by atoms with Gasteiger partial charge in [0, 0.05) is 13.0 Å². The Morgan fingerprint density at radius 1 is 1.33 bits per heavy atom. The molecule has 27 heavy (non-hydrogen) atoms. The number of likely N-dealkylation sites (tertiary alicyclic amines) is 1. The van der Waals surface area contributed by atoms with Crippen molar-refractivity contribution in [3.05, 3.63) is 41.5 Å². The van der Waals surface area contributed by atoms with Gasteiger partial charge in [-0.05, 0) is 63.4 Å². The number of hydrogen-bond acceptors (Lipinski definition) is 4. The number of imide groups is 1. The Bertz CT molecular complexity index is 738. The number of urea groups is 1. The number of carbonyl (C=O) groups excluding carboxylic acids is 2. The van der Waals surface area contributed by atoms with Crippen LogP contribution in [0, 0.1) is 5.92 Å². The second kappa shape index (κ2) is 8.13. The van der Waals surface area contributed by atoms with Crippen molar-refractivity contribution in [2.45, 2.75) is 38.6 Å². The minimum atomic E-state index is -0.884. The Hall–Kier alpha value is -2.34. The largest absolute Gasteiger partial charge is 0.497 e. The van der Waals surface area contributed by atoms with Crippen molar-refractivity contribution in [1.82, 2.24) is 15.5 Å². The maximum Gasteiger partial charge on any atom is 0.322 e. The molecule has 1 unspecified atom stereocenters. The Labute approximate surface area is 161 Å². The zero-order chi connectivity index (χ0) is 19.4. The summed E-state index contributed by atoms with van der Waals surface area (Å²) in [6, 6.07) is 7.32. The van der Waals surface area contributed by atoms with Crippen molar-refractivity contribution >= 4 is 11.9 Å². The molecule has 2 N–H and O–H groups in total. The highest BCUT2D eigenvalue weighted by Crippen LogP contribution is 2.34. The molecule has 2 heterocycles. The minimum absolute atomic E-state index is 0.109. The van der Waals surface area contributed by atoms with Gasteiger partial charge in [0.25, 0.3) is 5.91 Å². The topological polar surface area (TPSA) is 70.7 Å². The van der Waals surface area contributed by atoms with Gasteiger partial charge in [-0.3, -0.25) is 15.0 Å². The molecule has 0 bridgehead atoms. The minimum Gasteiger partial charge on any atom is -0.497 e. The lowest BCUT2D eigenvalue weighted by atomic mass is 9.74. The first-order valence-corrected chi connectivity index (χ1v) is 9.57. The summed E-state index contributed by atoms with van der Waals surface area (Å²) in [5, 5.41) is 5.43. The van der Waals surface area contributed by atoms with Gasteiger partial charge in [0.1, 0.15) is 11.3 Å². The molecular weight excluding hydrogens is 342 g/mol. The number of hydrogen-bond donors (Lipinski definition) is 2. The first kappa shape index (κ1) is 19.4. The molecule has 2 saturated heterocycles. The molecule has 0 aromatic heterocycles. The van der Waals surface area contributed by atoms with Gasteiger partial charge in [-0.15, -0.1) is 0 Å². The molecule has 0 spiro atoms. The molecule has 2 aliphatic rings. The van der Waals surface area contributed by atoms with Gasteiger partial charge >= 0.3 is 6.03 Å². The summed E-state index contributed by atoms with van der Waals surface area (Å²) >= 11 is 0. The van der Waals surface area contributed by atoms with Crippen LogP contribution in [0.1, 0.15) is 32.3 Å². The van der Waals surface area contributed by atoms with E-state index >= 15 is 0 Å². The summed E-state index contributed by atoms with van der Waals surface area (Å²) in [6.07, 6.45) is 4.38. The van der Waals surface area contributed by atoms with E-state index < -0.39 is 11.6 Å². The third kappa shape index (κ3) is 4.16. The molecule has 2 aliphatic heterocycles. The van der Waals surface area contributed by atoms with E-state index in [9.17, 15) is 9.59 Å². The second-order valence-electron chi connectivity index (χ2n) is 7.59. The third-order valence-corrected chi connectivity index (χ3v) is 5.84. The molecule has 146 valence electrons. The SMILES string of the molecule is CC=C(C)CN1CCC(C2(Cc3cccc(OC)c3)NC(=O)NC2=O)CC1. The highest BCUT2D eigenvalue weighted by Gasteiger charge is 2.52. The first-order chi connectivity index (χ1) is 13.0. The molecule has 1 atom stereocenters. The number of methoxy groups -OCH3 is 1.